The van der Waals surface area contributed by atoms with Gasteiger partial charge in [-0.25, -0.2) is 0 Å². The first-order valence-electron chi connectivity index (χ1n) is 10.0. The highest BCUT2D eigenvalue weighted by molar-refractivity contribution is 14.0. The monoisotopic (exact) mass is 520 g/mol. The standard InChI is InChI=1S/C21H36N4O3.HI/c1-5-22-20(24-15-21(10-12-26)11-13-28-16-21)23-14-19(25(2)3)17-6-8-18(27-4)9-7-17;/h6-9,19,26H,5,10-16H2,1-4H3,(H2,22,23,24);1H. The summed E-state index contributed by atoms with van der Waals surface area (Å²) in [4.78, 5) is 6.99. The van der Waals surface area contributed by atoms with E-state index in [1.54, 1.807) is 7.11 Å². The second kappa shape index (κ2) is 13.3. The minimum absolute atomic E-state index is 0. The number of hydrogen-bond acceptors (Lipinski definition) is 5. The number of aliphatic imine (C=N–C) groups is 1. The fourth-order valence-corrected chi connectivity index (χ4v) is 3.49. The van der Waals surface area contributed by atoms with Gasteiger partial charge < -0.3 is 30.1 Å². The predicted molar refractivity (Wildman–Crippen MR) is 128 cm³/mol. The van der Waals surface area contributed by atoms with E-state index in [9.17, 15) is 5.11 Å². The summed E-state index contributed by atoms with van der Waals surface area (Å²) in [6.07, 6.45) is 1.67. The van der Waals surface area contributed by atoms with Gasteiger partial charge in [-0.05, 0) is 51.6 Å². The highest BCUT2D eigenvalue weighted by Crippen LogP contribution is 2.32. The molecule has 2 unspecified atom stereocenters. The maximum atomic E-state index is 9.41. The maximum Gasteiger partial charge on any atom is 0.191 e. The van der Waals surface area contributed by atoms with Crippen molar-refractivity contribution in [2.45, 2.75) is 25.8 Å². The van der Waals surface area contributed by atoms with E-state index < -0.39 is 0 Å². The van der Waals surface area contributed by atoms with E-state index in [4.69, 9.17) is 14.5 Å². The fourth-order valence-electron chi connectivity index (χ4n) is 3.49. The number of benzene rings is 1. The van der Waals surface area contributed by atoms with E-state index in [0.29, 0.717) is 13.2 Å². The molecular weight excluding hydrogens is 483 g/mol. The molecule has 2 atom stereocenters. The Morgan fingerprint density at radius 1 is 1.31 bits per heavy atom. The fraction of sp³-hybridized carbons (Fsp3) is 0.667. The van der Waals surface area contributed by atoms with Gasteiger partial charge in [0.1, 0.15) is 5.75 Å². The molecule has 1 aromatic rings. The van der Waals surface area contributed by atoms with Crippen molar-refractivity contribution >= 4 is 29.9 Å². The maximum absolute atomic E-state index is 9.41. The number of nitrogens with zero attached hydrogens (tertiary/aromatic N) is 2. The summed E-state index contributed by atoms with van der Waals surface area (Å²) in [5, 5.41) is 16.2. The van der Waals surface area contributed by atoms with Crippen molar-refractivity contribution in [2.24, 2.45) is 10.4 Å². The lowest BCUT2D eigenvalue weighted by Crippen LogP contribution is -2.42. The van der Waals surface area contributed by atoms with Gasteiger partial charge >= 0.3 is 0 Å². The molecule has 1 fully saturated rings. The van der Waals surface area contributed by atoms with Crippen molar-refractivity contribution in [1.29, 1.82) is 0 Å². The predicted octanol–water partition coefficient (Wildman–Crippen LogP) is 2.26. The Balaban J connectivity index is 0.00000420. The van der Waals surface area contributed by atoms with Crippen LogP contribution in [0.25, 0.3) is 0 Å². The molecule has 3 N–H and O–H groups in total. The third-order valence-corrected chi connectivity index (χ3v) is 5.33. The highest BCUT2D eigenvalue weighted by Gasteiger charge is 2.34. The molecule has 1 aromatic carbocycles. The Morgan fingerprint density at radius 3 is 2.55 bits per heavy atom. The number of ether oxygens (including phenoxy) is 2. The normalized spacial score (nSPS) is 20.3. The molecule has 0 amide bonds. The molecule has 0 radical (unpaired) electrons. The van der Waals surface area contributed by atoms with Crippen LogP contribution in [0.3, 0.4) is 0 Å². The van der Waals surface area contributed by atoms with Crippen LogP contribution in [0.5, 0.6) is 5.75 Å². The summed E-state index contributed by atoms with van der Waals surface area (Å²) in [6, 6.07) is 8.38. The molecule has 0 aromatic heterocycles. The van der Waals surface area contributed by atoms with Crippen LogP contribution < -0.4 is 15.4 Å². The molecule has 0 spiro atoms. The summed E-state index contributed by atoms with van der Waals surface area (Å²) in [5.74, 6) is 1.66. The molecule has 0 aliphatic carbocycles. The van der Waals surface area contributed by atoms with Gasteiger partial charge in [-0.1, -0.05) is 12.1 Å². The van der Waals surface area contributed by atoms with E-state index in [0.717, 1.165) is 44.2 Å². The second-order valence-electron chi connectivity index (χ2n) is 7.60. The number of halogens is 1. The summed E-state index contributed by atoms with van der Waals surface area (Å²) >= 11 is 0. The molecule has 7 nitrogen and oxygen atoms in total. The zero-order valence-electron chi connectivity index (χ0n) is 18.1. The number of methoxy groups -OCH3 is 1. The smallest absolute Gasteiger partial charge is 0.191 e. The van der Waals surface area contributed by atoms with Crippen LogP contribution in [-0.2, 0) is 4.74 Å². The van der Waals surface area contributed by atoms with Crippen molar-refractivity contribution in [3.05, 3.63) is 29.8 Å². The van der Waals surface area contributed by atoms with Crippen LogP contribution in [0.2, 0.25) is 0 Å². The Kier molecular flexibility index (Phi) is 11.9. The van der Waals surface area contributed by atoms with Crippen LogP contribution in [0.15, 0.2) is 29.3 Å². The molecule has 166 valence electrons. The number of guanidine groups is 1. The number of likely N-dealkylation sites (N-methyl/N-ethyl adjacent to an activating group) is 1. The lowest BCUT2D eigenvalue weighted by Gasteiger charge is -2.27. The van der Waals surface area contributed by atoms with Crippen LogP contribution in [-0.4, -0.2) is 76.6 Å². The van der Waals surface area contributed by atoms with Crippen molar-refractivity contribution in [3.63, 3.8) is 0 Å². The first-order valence-corrected chi connectivity index (χ1v) is 10.0. The summed E-state index contributed by atoms with van der Waals surface area (Å²) in [7, 11) is 5.83. The molecule has 1 saturated heterocycles. The van der Waals surface area contributed by atoms with Crippen molar-refractivity contribution in [3.8, 4) is 5.75 Å². The SMILES string of the molecule is CCNC(=NCC1(CCO)CCOC1)NCC(c1ccc(OC)cc1)N(C)C.I. The first-order chi connectivity index (χ1) is 13.5. The third kappa shape index (κ3) is 7.92. The van der Waals surface area contributed by atoms with E-state index in [1.807, 2.05) is 12.1 Å². The molecule has 8 heteroatoms. The molecule has 2 rings (SSSR count). The molecular formula is C21H37IN4O3. The van der Waals surface area contributed by atoms with Crippen LogP contribution in [0.4, 0.5) is 0 Å². The average molecular weight is 520 g/mol. The highest BCUT2D eigenvalue weighted by atomic mass is 127. The topological polar surface area (TPSA) is 78.4 Å². The summed E-state index contributed by atoms with van der Waals surface area (Å²) in [5.41, 5.74) is 1.17. The van der Waals surface area contributed by atoms with Gasteiger partial charge in [0.25, 0.3) is 0 Å². The minimum atomic E-state index is -0.0476. The van der Waals surface area contributed by atoms with Gasteiger partial charge in [0.15, 0.2) is 5.96 Å². The van der Waals surface area contributed by atoms with Gasteiger partial charge in [-0.15, -0.1) is 24.0 Å². The van der Waals surface area contributed by atoms with E-state index in [2.05, 4.69) is 48.7 Å². The van der Waals surface area contributed by atoms with Gasteiger partial charge in [-0.3, -0.25) is 4.99 Å². The van der Waals surface area contributed by atoms with E-state index in [1.165, 1.54) is 5.56 Å². The zero-order valence-corrected chi connectivity index (χ0v) is 20.4. The first kappa shape index (κ1) is 25.9. The molecule has 29 heavy (non-hydrogen) atoms. The Morgan fingerprint density at radius 2 is 2.03 bits per heavy atom. The number of rotatable bonds is 10. The number of hydrogen-bond donors (Lipinski definition) is 3. The van der Waals surface area contributed by atoms with Crippen molar-refractivity contribution in [1.82, 2.24) is 15.5 Å². The average Bonchev–Trinajstić information content (AvgIpc) is 3.15. The largest absolute Gasteiger partial charge is 0.497 e. The quantitative estimate of drug-likeness (QED) is 0.250. The van der Waals surface area contributed by atoms with Crippen LogP contribution in [0, 0.1) is 5.41 Å². The van der Waals surface area contributed by atoms with Gasteiger partial charge in [0.2, 0.25) is 0 Å². The molecule has 1 heterocycles. The van der Waals surface area contributed by atoms with E-state index >= 15 is 0 Å². The molecule has 1 aliphatic rings. The number of aliphatic hydroxyl groups is 1. The van der Waals surface area contributed by atoms with Gasteiger partial charge in [0, 0.05) is 31.7 Å². The number of aliphatic hydroxyl groups excluding tert-OH is 1. The lowest BCUT2D eigenvalue weighted by atomic mass is 9.84. The van der Waals surface area contributed by atoms with Gasteiger partial charge in [-0.2, -0.15) is 0 Å². The lowest BCUT2D eigenvalue weighted by molar-refractivity contribution is 0.131. The number of nitrogens with one attached hydrogen (secondary N) is 2. The van der Waals surface area contributed by atoms with Crippen LogP contribution in [0.1, 0.15) is 31.4 Å². The molecule has 0 saturated carbocycles. The Bertz CT molecular complexity index is 604. The Labute approximate surface area is 192 Å². The van der Waals surface area contributed by atoms with E-state index in [-0.39, 0.29) is 42.0 Å². The summed E-state index contributed by atoms with van der Waals surface area (Å²) < 4.78 is 10.8. The summed E-state index contributed by atoms with van der Waals surface area (Å²) in [6.45, 7) is 5.83. The van der Waals surface area contributed by atoms with Gasteiger partial charge in [0.05, 0.1) is 26.3 Å². The zero-order chi connectivity index (χ0) is 20.4. The minimum Gasteiger partial charge on any atom is -0.497 e. The third-order valence-electron chi connectivity index (χ3n) is 5.33. The van der Waals surface area contributed by atoms with Crippen LogP contribution >= 0.6 is 24.0 Å². The molecule has 0 bridgehead atoms. The van der Waals surface area contributed by atoms with Crippen molar-refractivity contribution < 1.29 is 14.6 Å². The molecule has 1 aliphatic heterocycles. The Hall–Kier alpha value is -1.10. The van der Waals surface area contributed by atoms with Crippen molar-refractivity contribution in [2.75, 3.05) is 60.7 Å². The second-order valence-corrected chi connectivity index (χ2v) is 7.60.